The third-order valence-electron chi connectivity index (χ3n) is 2.80. The van der Waals surface area contributed by atoms with Gasteiger partial charge in [0.25, 0.3) is 0 Å². The monoisotopic (exact) mass is 278 g/mol. The molecule has 0 atom stereocenters. The molecule has 92 valence electrons. The van der Waals surface area contributed by atoms with Crippen molar-refractivity contribution in [1.82, 2.24) is 14.5 Å². The van der Waals surface area contributed by atoms with Gasteiger partial charge in [-0.2, -0.15) is 0 Å². The van der Waals surface area contributed by atoms with E-state index >= 15 is 0 Å². The number of rotatable bonds is 2. The highest BCUT2D eigenvalue weighted by Gasteiger charge is 2.12. The third kappa shape index (κ3) is 1.80. The zero-order valence-corrected chi connectivity index (χ0v) is 11.3. The Kier molecular flexibility index (Phi) is 2.81. The number of imidazole rings is 1. The molecule has 1 aromatic carbocycles. The fourth-order valence-electron chi connectivity index (χ4n) is 1.91. The maximum absolute atomic E-state index is 5.97. The van der Waals surface area contributed by atoms with Crippen molar-refractivity contribution in [2.45, 2.75) is 6.54 Å². The number of aromatic nitrogens is 3. The smallest absolute Gasteiger partial charge is 0.160 e. The van der Waals surface area contributed by atoms with Gasteiger partial charge in [-0.15, -0.1) is 11.3 Å². The molecule has 0 amide bonds. The van der Waals surface area contributed by atoms with Gasteiger partial charge in [-0.25, -0.2) is 9.97 Å². The topological polar surface area (TPSA) is 56.7 Å². The highest BCUT2D eigenvalue weighted by atomic mass is 35.5. The fourth-order valence-corrected chi connectivity index (χ4v) is 2.73. The Bertz CT molecular complexity index is 716. The van der Waals surface area contributed by atoms with Crippen molar-refractivity contribution in [3.05, 3.63) is 33.6 Å². The number of nitrogens with two attached hydrogens (primary N) is 1. The van der Waals surface area contributed by atoms with Crippen molar-refractivity contribution < 1.29 is 0 Å². The molecule has 0 aliphatic heterocycles. The third-order valence-corrected chi connectivity index (χ3v) is 3.90. The van der Waals surface area contributed by atoms with E-state index in [2.05, 4.69) is 9.97 Å². The van der Waals surface area contributed by atoms with Crippen LogP contribution < -0.4 is 5.73 Å². The lowest BCUT2D eigenvalue weighted by molar-refractivity contribution is 0.946. The average molecular weight is 279 g/mol. The first-order valence-electron chi connectivity index (χ1n) is 5.46. The number of fused-ring (bicyclic) bond motifs is 1. The van der Waals surface area contributed by atoms with Gasteiger partial charge >= 0.3 is 0 Å². The second-order valence-electron chi connectivity index (χ2n) is 3.96. The van der Waals surface area contributed by atoms with Gasteiger partial charge in [-0.1, -0.05) is 11.6 Å². The maximum atomic E-state index is 5.97. The van der Waals surface area contributed by atoms with Crippen molar-refractivity contribution in [1.29, 1.82) is 0 Å². The first-order valence-corrected chi connectivity index (χ1v) is 6.71. The van der Waals surface area contributed by atoms with Crippen LogP contribution >= 0.6 is 22.9 Å². The Labute approximate surface area is 113 Å². The summed E-state index contributed by atoms with van der Waals surface area (Å²) < 4.78 is 2.01. The van der Waals surface area contributed by atoms with E-state index in [9.17, 15) is 0 Å². The van der Waals surface area contributed by atoms with Crippen LogP contribution in [0.1, 0.15) is 5.01 Å². The molecule has 0 spiro atoms. The quantitative estimate of drug-likeness (QED) is 0.784. The Balaban J connectivity index is 2.20. The van der Waals surface area contributed by atoms with Crippen molar-refractivity contribution in [2.75, 3.05) is 0 Å². The second kappa shape index (κ2) is 4.35. The summed E-state index contributed by atoms with van der Waals surface area (Å²) in [6.45, 7) is 0.459. The minimum Gasteiger partial charge on any atom is -0.326 e. The molecule has 0 aliphatic rings. The number of nitrogens with zero attached hydrogens (tertiary/aromatic N) is 3. The first-order chi connectivity index (χ1) is 8.69. The van der Waals surface area contributed by atoms with Crippen LogP contribution in [0.5, 0.6) is 0 Å². The van der Waals surface area contributed by atoms with Crippen LogP contribution in [-0.4, -0.2) is 14.5 Å². The molecule has 0 unspecified atom stereocenters. The standard InChI is InChI=1S/C12H11ClN4S/c1-17-10-3-2-7(13)4-8(10)16-12(17)9-6-18-11(5-14)15-9/h2-4,6H,5,14H2,1H3. The van der Waals surface area contributed by atoms with Crippen LogP contribution in [0.25, 0.3) is 22.6 Å². The molecule has 0 radical (unpaired) electrons. The van der Waals surface area contributed by atoms with Crippen molar-refractivity contribution in [2.24, 2.45) is 12.8 Å². The molecule has 4 nitrogen and oxygen atoms in total. The lowest BCUT2D eigenvalue weighted by atomic mass is 10.3. The highest BCUT2D eigenvalue weighted by Crippen LogP contribution is 2.26. The van der Waals surface area contributed by atoms with E-state index < -0.39 is 0 Å². The van der Waals surface area contributed by atoms with Gasteiger partial charge in [0, 0.05) is 24.0 Å². The summed E-state index contributed by atoms with van der Waals surface area (Å²) in [6.07, 6.45) is 0. The Morgan fingerprint density at radius 2 is 2.22 bits per heavy atom. The van der Waals surface area contributed by atoms with Crippen molar-refractivity contribution in [3.63, 3.8) is 0 Å². The summed E-state index contributed by atoms with van der Waals surface area (Å²) in [5.74, 6) is 0.836. The fraction of sp³-hybridized carbons (Fsp3) is 0.167. The van der Waals surface area contributed by atoms with Gasteiger partial charge in [0.15, 0.2) is 5.82 Å². The van der Waals surface area contributed by atoms with Gasteiger partial charge in [-0.3, -0.25) is 0 Å². The summed E-state index contributed by atoms with van der Waals surface area (Å²) in [4.78, 5) is 9.03. The molecule has 2 heterocycles. The predicted octanol–water partition coefficient (Wildman–Crippen LogP) is 2.81. The van der Waals surface area contributed by atoms with Crippen molar-refractivity contribution >= 4 is 34.0 Å². The van der Waals surface area contributed by atoms with Gasteiger partial charge in [0.2, 0.25) is 0 Å². The Morgan fingerprint density at radius 1 is 1.39 bits per heavy atom. The van der Waals surface area contributed by atoms with E-state index in [-0.39, 0.29) is 0 Å². The van der Waals surface area contributed by atoms with Crippen LogP contribution in [0, 0.1) is 0 Å². The van der Waals surface area contributed by atoms with Crippen LogP contribution in [0.15, 0.2) is 23.6 Å². The molecule has 3 aromatic rings. The lowest BCUT2D eigenvalue weighted by Crippen LogP contribution is -1.96. The minimum atomic E-state index is 0.459. The number of hydrogen-bond acceptors (Lipinski definition) is 4. The molecule has 2 N–H and O–H groups in total. The van der Waals surface area contributed by atoms with Gasteiger partial charge in [0.1, 0.15) is 10.7 Å². The minimum absolute atomic E-state index is 0.459. The maximum Gasteiger partial charge on any atom is 0.160 e. The molecule has 0 aliphatic carbocycles. The molecule has 18 heavy (non-hydrogen) atoms. The molecular formula is C12H11ClN4S. The van der Waals surface area contributed by atoms with Crippen molar-refractivity contribution in [3.8, 4) is 11.5 Å². The molecular weight excluding hydrogens is 268 g/mol. The Morgan fingerprint density at radius 3 is 2.94 bits per heavy atom. The van der Waals surface area contributed by atoms with Crippen LogP contribution in [0.2, 0.25) is 5.02 Å². The predicted molar refractivity (Wildman–Crippen MR) is 74.7 cm³/mol. The van der Waals surface area contributed by atoms with E-state index in [4.69, 9.17) is 17.3 Å². The Hall–Kier alpha value is -1.43. The van der Waals surface area contributed by atoms with E-state index in [1.54, 1.807) is 11.3 Å². The molecule has 2 aromatic heterocycles. The molecule has 0 saturated carbocycles. The summed E-state index contributed by atoms with van der Waals surface area (Å²) >= 11 is 7.52. The number of benzene rings is 1. The van der Waals surface area contributed by atoms with E-state index in [1.165, 1.54) is 0 Å². The average Bonchev–Trinajstić information content (AvgIpc) is 2.94. The van der Waals surface area contributed by atoms with Crippen LogP contribution in [-0.2, 0) is 13.6 Å². The van der Waals surface area contributed by atoms with E-state index in [1.807, 2.05) is 35.2 Å². The van der Waals surface area contributed by atoms with Crippen LogP contribution in [0.4, 0.5) is 0 Å². The van der Waals surface area contributed by atoms with E-state index in [0.717, 1.165) is 27.6 Å². The van der Waals surface area contributed by atoms with Gasteiger partial charge < -0.3 is 10.3 Å². The normalized spacial score (nSPS) is 11.3. The van der Waals surface area contributed by atoms with Gasteiger partial charge in [-0.05, 0) is 18.2 Å². The van der Waals surface area contributed by atoms with E-state index in [0.29, 0.717) is 11.6 Å². The molecule has 3 rings (SSSR count). The number of thiazole rings is 1. The molecule has 6 heteroatoms. The zero-order chi connectivity index (χ0) is 12.7. The van der Waals surface area contributed by atoms with Crippen LogP contribution in [0.3, 0.4) is 0 Å². The summed E-state index contributed by atoms with van der Waals surface area (Å²) in [7, 11) is 1.97. The number of hydrogen-bond donors (Lipinski definition) is 1. The summed E-state index contributed by atoms with van der Waals surface area (Å²) in [5.41, 5.74) is 8.35. The number of aryl methyl sites for hydroxylation is 1. The summed E-state index contributed by atoms with van der Waals surface area (Å²) in [5, 5.41) is 3.58. The molecule has 0 bridgehead atoms. The molecule has 0 fully saturated rings. The summed E-state index contributed by atoms with van der Waals surface area (Å²) in [6, 6.07) is 5.68. The largest absolute Gasteiger partial charge is 0.326 e. The number of halogens is 1. The second-order valence-corrected chi connectivity index (χ2v) is 5.34. The molecule has 0 saturated heterocycles. The zero-order valence-electron chi connectivity index (χ0n) is 9.72. The highest BCUT2D eigenvalue weighted by molar-refractivity contribution is 7.09. The first kappa shape index (κ1) is 11.6. The van der Waals surface area contributed by atoms with Gasteiger partial charge in [0.05, 0.1) is 11.0 Å². The lowest BCUT2D eigenvalue weighted by Gasteiger charge is -1.98. The SMILES string of the molecule is Cn1c(-c2csc(CN)n2)nc2cc(Cl)ccc21.